The average molecular weight is 186 g/mol. The number of aliphatic hydroxyl groups is 1. The number of hydrogen-bond donors (Lipinski definition) is 1. The zero-order valence-electron chi connectivity index (χ0n) is 8.83. The number of unbranched alkanes of at least 4 members (excludes halogenated alkanes) is 4. The first-order valence-electron chi connectivity index (χ1n) is 5.22. The molecule has 0 aromatic carbocycles. The van der Waals surface area contributed by atoms with Crippen LogP contribution in [0.5, 0.6) is 0 Å². The molecule has 1 atom stereocenters. The highest BCUT2D eigenvalue weighted by Crippen LogP contribution is 2.02. The molecule has 2 heteroatoms. The van der Waals surface area contributed by atoms with E-state index >= 15 is 0 Å². The topological polar surface area (TPSA) is 29.5 Å². The number of hydrogen-bond acceptors (Lipinski definition) is 2. The summed E-state index contributed by atoms with van der Waals surface area (Å²) in [6, 6.07) is 0. The van der Waals surface area contributed by atoms with Crippen molar-refractivity contribution in [2.45, 2.75) is 52.1 Å². The van der Waals surface area contributed by atoms with E-state index in [0.29, 0.717) is 6.61 Å². The molecule has 0 heterocycles. The molecule has 78 valence electrons. The first-order chi connectivity index (χ1) is 6.27. The Hall–Kier alpha value is -0.500. The van der Waals surface area contributed by atoms with Crippen molar-refractivity contribution in [3.8, 4) is 0 Å². The van der Waals surface area contributed by atoms with Crippen LogP contribution in [0, 0.1) is 0 Å². The van der Waals surface area contributed by atoms with E-state index in [1.165, 1.54) is 25.7 Å². The molecule has 0 aromatic heterocycles. The van der Waals surface area contributed by atoms with E-state index in [1.807, 2.05) is 6.08 Å². The van der Waals surface area contributed by atoms with Crippen molar-refractivity contribution >= 4 is 0 Å². The lowest BCUT2D eigenvalue weighted by molar-refractivity contribution is 0.0973. The highest BCUT2D eigenvalue weighted by molar-refractivity contribution is 4.73. The Morgan fingerprint density at radius 3 is 2.69 bits per heavy atom. The van der Waals surface area contributed by atoms with Gasteiger partial charge in [-0.25, -0.2) is 0 Å². The highest BCUT2D eigenvalue weighted by atomic mass is 16.5. The maximum absolute atomic E-state index is 8.87. The van der Waals surface area contributed by atoms with Crippen LogP contribution in [0.15, 0.2) is 12.3 Å². The average Bonchev–Trinajstić information content (AvgIpc) is 2.09. The van der Waals surface area contributed by atoms with Crippen molar-refractivity contribution < 1.29 is 9.84 Å². The number of ether oxygens (including phenoxy) is 1. The van der Waals surface area contributed by atoms with E-state index in [4.69, 9.17) is 9.84 Å². The Balaban J connectivity index is 3.03. The van der Waals surface area contributed by atoms with E-state index in [0.717, 1.165) is 6.42 Å². The molecule has 0 radical (unpaired) electrons. The van der Waals surface area contributed by atoms with Gasteiger partial charge in [-0.15, -0.1) is 0 Å². The summed E-state index contributed by atoms with van der Waals surface area (Å²) >= 11 is 0. The van der Waals surface area contributed by atoms with Gasteiger partial charge in [0, 0.05) is 0 Å². The lowest BCUT2D eigenvalue weighted by Gasteiger charge is -2.02. The van der Waals surface area contributed by atoms with Gasteiger partial charge in [-0.2, -0.15) is 0 Å². The van der Waals surface area contributed by atoms with Gasteiger partial charge in [0.05, 0.1) is 12.4 Å². The summed E-state index contributed by atoms with van der Waals surface area (Å²) in [5.41, 5.74) is 0. The van der Waals surface area contributed by atoms with Crippen LogP contribution in [0.2, 0.25) is 0 Å². The fourth-order valence-electron chi connectivity index (χ4n) is 1.02. The fourth-order valence-corrected chi connectivity index (χ4v) is 1.02. The summed E-state index contributed by atoms with van der Waals surface area (Å²) < 4.78 is 5.07. The standard InChI is InChI=1S/C11H22O2/c1-3-4-5-6-7-8-9-13-10-11(2)12/h8-9,11-12H,3-7,10H2,1-2H3. The Morgan fingerprint density at radius 2 is 2.08 bits per heavy atom. The van der Waals surface area contributed by atoms with Gasteiger partial charge in [0.1, 0.15) is 6.61 Å². The minimum absolute atomic E-state index is 0.371. The van der Waals surface area contributed by atoms with Gasteiger partial charge in [-0.3, -0.25) is 0 Å². The van der Waals surface area contributed by atoms with E-state index in [-0.39, 0.29) is 6.10 Å². The van der Waals surface area contributed by atoms with Crippen LogP contribution < -0.4 is 0 Å². The number of aliphatic hydroxyl groups excluding tert-OH is 1. The maximum atomic E-state index is 8.87. The zero-order chi connectivity index (χ0) is 9.94. The minimum Gasteiger partial charge on any atom is -0.499 e. The van der Waals surface area contributed by atoms with Crippen molar-refractivity contribution in [1.29, 1.82) is 0 Å². The van der Waals surface area contributed by atoms with Gasteiger partial charge in [0.15, 0.2) is 0 Å². The van der Waals surface area contributed by atoms with Gasteiger partial charge in [0.25, 0.3) is 0 Å². The Kier molecular flexibility index (Phi) is 9.22. The summed E-state index contributed by atoms with van der Waals surface area (Å²) in [6.07, 6.45) is 9.57. The molecule has 0 aliphatic carbocycles. The predicted octanol–water partition coefficient (Wildman–Crippen LogP) is 2.87. The second kappa shape index (κ2) is 9.59. The van der Waals surface area contributed by atoms with Crippen molar-refractivity contribution in [2.24, 2.45) is 0 Å². The molecule has 0 aromatic rings. The SMILES string of the molecule is CCCCCCC=COCC(C)O. The summed E-state index contributed by atoms with van der Waals surface area (Å²) in [4.78, 5) is 0. The van der Waals surface area contributed by atoms with Crippen LogP contribution in [-0.2, 0) is 4.74 Å². The Labute approximate surface area is 81.6 Å². The van der Waals surface area contributed by atoms with Crippen LogP contribution in [0.4, 0.5) is 0 Å². The van der Waals surface area contributed by atoms with Gasteiger partial charge in [-0.1, -0.05) is 26.2 Å². The lowest BCUT2D eigenvalue weighted by Crippen LogP contribution is -2.06. The molecule has 0 aliphatic heterocycles. The van der Waals surface area contributed by atoms with E-state index in [9.17, 15) is 0 Å². The Bertz CT molecular complexity index is 119. The van der Waals surface area contributed by atoms with Crippen molar-refractivity contribution in [3.05, 3.63) is 12.3 Å². The first-order valence-corrected chi connectivity index (χ1v) is 5.22. The van der Waals surface area contributed by atoms with Gasteiger partial charge in [0.2, 0.25) is 0 Å². The van der Waals surface area contributed by atoms with Crippen molar-refractivity contribution in [3.63, 3.8) is 0 Å². The van der Waals surface area contributed by atoms with Crippen LogP contribution >= 0.6 is 0 Å². The van der Waals surface area contributed by atoms with Crippen LogP contribution in [0.25, 0.3) is 0 Å². The third-order valence-corrected chi connectivity index (χ3v) is 1.75. The molecule has 0 aliphatic rings. The van der Waals surface area contributed by atoms with Gasteiger partial charge < -0.3 is 9.84 Å². The third kappa shape index (κ3) is 11.5. The molecule has 1 N–H and O–H groups in total. The predicted molar refractivity (Wildman–Crippen MR) is 55.5 cm³/mol. The second-order valence-corrected chi connectivity index (χ2v) is 3.40. The molecule has 0 amide bonds. The molecule has 1 unspecified atom stereocenters. The molecular weight excluding hydrogens is 164 g/mol. The van der Waals surface area contributed by atoms with E-state index in [1.54, 1.807) is 13.2 Å². The quantitative estimate of drug-likeness (QED) is 0.466. The minimum atomic E-state index is -0.371. The first kappa shape index (κ1) is 12.5. The third-order valence-electron chi connectivity index (χ3n) is 1.75. The van der Waals surface area contributed by atoms with E-state index < -0.39 is 0 Å². The summed E-state index contributed by atoms with van der Waals surface area (Å²) in [5.74, 6) is 0. The fraction of sp³-hybridized carbons (Fsp3) is 0.818. The molecule has 13 heavy (non-hydrogen) atoms. The molecule has 0 saturated heterocycles. The largest absolute Gasteiger partial charge is 0.499 e. The molecule has 0 rings (SSSR count). The smallest absolute Gasteiger partial charge is 0.113 e. The van der Waals surface area contributed by atoms with Crippen LogP contribution in [-0.4, -0.2) is 17.8 Å². The van der Waals surface area contributed by atoms with Crippen molar-refractivity contribution in [2.75, 3.05) is 6.61 Å². The zero-order valence-corrected chi connectivity index (χ0v) is 8.83. The van der Waals surface area contributed by atoms with Crippen molar-refractivity contribution in [1.82, 2.24) is 0 Å². The molecule has 0 bridgehead atoms. The van der Waals surface area contributed by atoms with Crippen LogP contribution in [0.1, 0.15) is 46.0 Å². The molecule has 2 nitrogen and oxygen atoms in total. The monoisotopic (exact) mass is 186 g/mol. The molecule has 0 saturated carbocycles. The lowest BCUT2D eigenvalue weighted by atomic mass is 10.1. The summed E-state index contributed by atoms with van der Waals surface area (Å²) in [5, 5.41) is 8.87. The summed E-state index contributed by atoms with van der Waals surface area (Å²) in [6.45, 7) is 4.32. The number of rotatable bonds is 8. The molecule has 0 fully saturated rings. The molecular formula is C11H22O2. The van der Waals surface area contributed by atoms with Gasteiger partial charge in [-0.05, 0) is 25.8 Å². The van der Waals surface area contributed by atoms with Gasteiger partial charge >= 0.3 is 0 Å². The Morgan fingerprint density at radius 1 is 1.31 bits per heavy atom. The van der Waals surface area contributed by atoms with Crippen LogP contribution in [0.3, 0.4) is 0 Å². The maximum Gasteiger partial charge on any atom is 0.113 e. The normalized spacial score (nSPS) is 13.5. The van der Waals surface area contributed by atoms with E-state index in [2.05, 4.69) is 6.92 Å². The summed E-state index contributed by atoms with van der Waals surface area (Å²) in [7, 11) is 0. The molecule has 0 spiro atoms. The number of allylic oxidation sites excluding steroid dienone is 1. The second-order valence-electron chi connectivity index (χ2n) is 3.40. The highest BCUT2D eigenvalue weighted by Gasteiger charge is 1.90.